The second-order valence-electron chi connectivity index (χ2n) is 5.25. The summed E-state index contributed by atoms with van der Waals surface area (Å²) in [5, 5.41) is 12.4. The fourth-order valence-electron chi connectivity index (χ4n) is 2.59. The Morgan fingerprint density at radius 1 is 1.50 bits per heavy atom. The van der Waals surface area contributed by atoms with Crippen LogP contribution in [0.1, 0.15) is 36.0 Å². The van der Waals surface area contributed by atoms with Crippen LogP contribution in [0.5, 0.6) is 5.75 Å². The molecule has 1 fully saturated rings. The summed E-state index contributed by atoms with van der Waals surface area (Å²) in [5.74, 6) is -0.362. The largest absolute Gasteiger partial charge is 0.494 e. The molecular formula is C15H20FNO3. The Morgan fingerprint density at radius 2 is 2.30 bits per heavy atom. The summed E-state index contributed by atoms with van der Waals surface area (Å²) >= 11 is 0. The highest BCUT2D eigenvalue weighted by atomic mass is 19.1. The van der Waals surface area contributed by atoms with Crippen LogP contribution >= 0.6 is 0 Å². The molecule has 0 radical (unpaired) electrons. The molecule has 0 bridgehead atoms. The number of rotatable bonds is 4. The third-order valence-corrected chi connectivity index (χ3v) is 3.72. The van der Waals surface area contributed by atoms with Crippen molar-refractivity contribution >= 4 is 5.91 Å². The van der Waals surface area contributed by atoms with E-state index in [1.807, 2.05) is 0 Å². The smallest absolute Gasteiger partial charge is 0.251 e. The Labute approximate surface area is 117 Å². The molecule has 1 aliphatic rings. The van der Waals surface area contributed by atoms with Gasteiger partial charge in [0.1, 0.15) is 0 Å². The van der Waals surface area contributed by atoms with Crippen LogP contribution in [0.25, 0.3) is 0 Å². The summed E-state index contributed by atoms with van der Waals surface area (Å²) in [7, 11) is 1.36. The van der Waals surface area contributed by atoms with E-state index in [-0.39, 0.29) is 17.8 Å². The fourth-order valence-corrected chi connectivity index (χ4v) is 2.59. The van der Waals surface area contributed by atoms with Crippen molar-refractivity contribution in [1.29, 1.82) is 0 Å². The molecule has 2 unspecified atom stereocenters. The van der Waals surface area contributed by atoms with E-state index in [4.69, 9.17) is 4.74 Å². The van der Waals surface area contributed by atoms with Crippen molar-refractivity contribution in [3.63, 3.8) is 0 Å². The first-order chi connectivity index (χ1) is 9.60. The molecule has 1 saturated carbocycles. The van der Waals surface area contributed by atoms with Crippen LogP contribution in [0.2, 0.25) is 0 Å². The molecule has 1 aromatic carbocycles. The highest BCUT2D eigenvalue weighted by molar-refractivity contribution is 5.94. The molecule has 2 N–H and O–H groups in total. The van der Waals surface area contributed by atoms with E-state index in [9.17, 15) is 14.3 Å². The number of benzene rings is 1. The average molecular weight is 281 g/mol. The number of ether oxygens (including phenoxy) is 1. The van der Waals surface area contributed by atoms with Gasteiger partial charge in [0.2, 0.25) is 0 Å². The summed E-state index contributed by atoms with van der Waals surface area (Å²) in [4.78, 5) is 12.0. The van der Waals surface area contributed by atoms with Crippen LogP contribution in [-0.2, 0) is 0 Å². The first-order valence-electron chi connectivity index (χ1n) is 6.90. The molecule has 0 saturated heterocycles. The maximum atomic E-state index is 13.3. The normalized spacial score (nSPS) is 22.4. The molecular weight excluding hydrogens is 261 g/mol. The second kappa shape index (κ2) is 6.70. The van der Waals surface area contributed by atoms with Crippen molar-refractivity contribution in [3.05, 3.63) is 29.6 Å². The number of amides is 1. The number of aliphatic hydroxyl groups is 1. The van der Waals surface area contributed by atoms with Gasteiger partial charge < -0.3 is 15.2 Å². The standard InChI is InChI=1S/C15H20FNO3/c1-20-14-8-11(5-6-13(14)16)15(19)17-9-10-3-2-4-12(18)7-10/h5-6,8,10,12,18H,2-4,7,9H2,1H3,(H,17,19). The minimum absolute atomic E-state index is 0.0609. The molecule has 2 rings (SSSR count). The van der Waals surface area contributed by atoms with Gasteiger partial charge in [0.25, 0.3) is 5.91 Å². The number of carbonyl (C=O) groups excluding carboxylic acids is 1. The zero-order valence-corrected chi connectivity index (χ0v) is 11.6. The van der Waals surface area contributed by atoms with Gasteiger partial charge in [-0.1, -0.05) is 6.42 Å². The number of hydrogen-bond donors (Lipinski definition) is 2. The SMILES string of the molecule is COc1cc(C(=O)NCC2CCCC(O)C2)ccc1F. The zero-order chi connectivity index (χ0) is 14.5. The van der Waals surface area contributed by atoms with Gasteiger partial charge in [0.15, 0.2) is 11.6 Å². The van der Waals surface area contributed by atoms with Crippen molar-refractivity contribution in [1.82, 2.24) is 5.32 Å². The van der Waals surface area contributed by atoms with Gasteiger partial charge >= 0.3 is 0 Å². The number of hydrogen-bond acceptors (Lipinski definition) is 3. The van der Waals surface area contributed by atoms with Crippen molar-refractivity contribution in [3.8, 4) is 5.75 Å². The van der Waals surface area contributed by atoms with Gasteiger partial charge in [0, 0.05) is 12.1 Å². The quantitative estimate of drug-likeness (QED) is 0.888. The number of aliphatic hydroxyl groups excluding tert-OH is 1. The molecule has 0 heterocycles. The van der Waals surface area contributed by atoms with E-state index in [0.29, 0.717) is 18.0 Å². The Kier molecular flexibility index (Phi) is 4.95. The maximum absolute atomic E-state index is 13.3. The number of halogens is 1. The van der Waals surface area contributed by atoms with Gasteiger partial charge in [-0.15, -0.1) is 0 Å². The Morgan fingerprint density at radius 3 is 3.00 bits per heavy atom. The highest BCUT2D eigenvalue weighted by Crippen LogP contribution is 2.23. The zero-order valence-electron chi connectivity index (χ0n) is 11.6. The van der Waals surface area contributed by atoms with Crippen molar-refractivity contribution in [2.75, 3.05) is 13.7 Å². The predicted octanol–water partition coefficient (Wildman–Crippen LogP) is 2.12. The van der Waals surface area contributed by atoms with E-state index in [1.54, 1.807) is 0 Å². The highest BCUT2D eigenvalue weighted by Gasteiger charge is 2.20. The minimum Gasteiger partial charge on any atom is -0.494 e. The van der Waals surface area contributed by atoms with E-state index in [2.05, 4.69) is 5.32 Å². The van der Waals surface area contributed by atoms with Gasteiger partial charge in [-0.3, -0.25) is 4.79 Å². The van der Waals surface area contributed by atoms with E-state index in [0.717, 1.165) is 25.7 Å². The van der Waals surface area contributed by atoms with Crippen LogP contribution < -0.4 is 10.1 Å². The van der Waals surface area contributed by atoms with Crippen LogP contribution in [0.4, 0.5) is 4.39 Å². The molecule has 5 heteroatoms. The molecule has 0 aliphatic heterocycles. The Hall–Kier alpha value is -1.62. The average Bonchev–Trinajstić information content (AvgIpc) is 2.45. The molecule has 4 nitrogen and oxygen atoms in total. The van der Waals surface area contributed by atoms with Crippen molar-refractivity contribution < 1.29 is 19.0 Å². The summed E-state index contributed by atoms with van der Waals surface area (Å²) in [5.41, 5.74) is 0.375. The summed E-state index contributed by atoms with van der Waals surface area (Å²) < 4.78 is 18.1. The first-order valence-corrected chi connectivity index (χ1v) is 6.90. The molecule has 1 amide bonds. The van der Waals surface area contributed by atoms with Crippen LogP contribution in [0.3, 0.4) is 0 Å². The van der Waals surface area contributed by atoms with Gasteiger partial charge in [-0.05, 0) is 43.4 Å². The first kappa shape index (κ1) is 14.8. The van der Waals surface area contributed by atoms with Gasteiger partial charge in [-0.2, -0.15) is 0 Å². The molecule has 2 atom stereocenters. The van der Waals surface area contributed by atoms with Gasteiger partial charge in [-0.25, -0.2) is 4.39 Å². The lowest BCUT2D eigenvalue weighted by Crippen LogP contribution is -2.33. The van der Waals surface area contributed by atoms with Crippen LogP contribution in [0.15, 0.2) is 18.2 Å². The minimum atomic E-state index is -0.487. The Balaban J connectivity index is 1.91. The second-order valence-corrected chi connectivity index (χ2v) is 5.25. The number of nitrogens with one attached hydrogen (secondary N) is 1. The monoisotopic (exact) mass is 281 g/mol. The molecule has 0 spiro atoms. The maximum Gasteiger partial charge on any atom is 0.251 e. The van der Waals surface area contributed by atoms with Crippen molar-refractivity contribution in [2.24, 2.45) is 5.92 Å². The number of methoxy groups -OCH3 is 1. The molecule has 20 heavy (non-hydrogen) atoms. The third kappa shape index (κ3) is 3.70. The van der Waals surface area contributed by atoms with Crippen LogP contribution in [-0.4, -0.2) is 30.8 Å². The molecule has 0 aromatic heterocycles. The number of carbonyl (C=O) groups is 1. The van der Waals surface area contributed by atoms with Crippen molar-refractivity contribution in [2.45, 2.75) is 31.8 Å². The van der Waals surface area contributed by atoms with E-state index < -0.39 is 5.82 Å². The van der Waals surface area contributed by atoms with Crippen LogP contribution in [0, 0.1) is 11.7 Å². The van der Waals surface area contributed by atoms with E-state index >= 15 is 0 Å². The molecule has 110 valence electrons. The Bertz CT molecular complexity index is 478. The fraction of sp³-hybridized carbons (Fsp3) is 0.533. The summed E-state index contributed by atoms with van der Waals surface area (Å²) in [6.07, 6.45) is 3.33. The van der Waals surface area contributed by atoms with E-state index in [1.165, 1.54) is 25.3 Å². The molecule has 1 aromatic rings. The van der Waals surface area contributed by atoms with Gasteiger partial charge in [0.05, 0.1) is 13.2 Å². The lowest BCUT2D eigenvalue weighted by atomic mass is 9.87. The topological polar surface area (TPSA) is 58.6 Å². The summed E-state index contributed by atoms with van der Waals surface area (Å²) in [6.45, 7) is 0.537. The lowest BCUT2D eigenvalue weighted by Gasteiger charge is -2.25. The predicted molar refractivity (Wildman–Crippen MR) is 73.3 cm³/mol. The summed E-state index contributed by atoms with van der Waals surface area (Å²) in [6, 6.07) is 4.04. The lowest BCUT2D eigenvalue weighted by molar-refractivity contribution is 0.0873. The third-order valence-electron chi connectivity index (χ3n) is 3.72. The molecule has 1 aliphatic carbocycles.